The summed E-state index contributed by atoms with van der Waals surface area (Å²) in [7, 11) is 3.21. The van der Waals surface area contributed by atoms with Crippen molar-refractivity contribution >= 4 is 28.5 Å². The van der Waals surface area contributed by atoms with E-state index in [1.807, 2.05) is 53.4 Å². The molecule has 0 spiro atoms. The molecular formula is C35H35N3O5. The predicted molar refractivity (Wildman–Crippen MR) is 167 cm³/mol. The van der Waals surface area contributed by atoms with E-state index in [0.717, 1.165) is 12.0 Å². The number of aromatic amines is 1. The number of hydrogen-bond donors (Lipinski definition) is 2. The summed E-state index contributed by atoms with van der Waals surface area (Å²) in [5.41, 5.74) is 5.88. The summed E-state index contributed by atoms with van der Waals surface area (Å²) in [6.07, 6.45) is 5.23. The third kappa shape index (κ3) is 4.67. The Balaban J connectivity index is 1.31. The molecule has 1 aliphatic heterocycles. The van der Waals surface area contributed by atoms with Crippen LogP contribution in [0.15, 0.2) is 78.4 Å². The SMILES string of the molecule is COc1ccc(OC)c2[nH]c(-c3ccccc3C(=O)N3CC=C4C(C)(C)C(c5ccc(C(=O)O)cc5)=CC[C@]4(C)C3)nc12. The molecule has 2 heterocycles. The number of ether oxygens (including phenoxy) is 2. The van der Waals surface area contributed by atoms with Crippen molar-refractivity contribution in [2.45, 2.75) is 27.2 Å². The fourth-order valence-corrected chi connectivity index (χ4v) is 6.91. The van der Waals surface area contributed by atoms with Crippen LogP contribution in [-0.4, -0.2) is 59.2 Å². The van der Waals surface area contributed by atoms with E-state index in [4.69, 9.17) is 14.5 Å². The lowest BCUT2D eigenvalue weighted by atomic mass is 9.58. The van der Waals surface area contributed by atoms with Crippen LogP contribution in [0, 0.1) is 10.8 Å². The first-order valence-electron chi connectivity index (χ1n) is 14.3. The van der Waals surface area contributed by atoms with Crippen molar-refractivity contribution in [3.8, 4) is 22.9 Å². The van der Waals surface area contributed by atoms with Gasteiger partial charge >= 0.3 is 5.97 Å². The number of nitrogens with zero attached hydrogens (tertiary/aromatic N) is 2. The second kappa shape index (κ2) is 10.5. The standard InChI is InChI=1S/C35H35N3O5/c1-34(2)25(21-10-12-22(13-11-21)33(40)41)16-18-35(3)20-38(19-17-28(34)35)32(39)24-9-7-6-8-23(24)31-36-29-26(42-4)14-15-27(43-5)30(29)37-31/h6-17H,18-20H2,1-5H3,(H,36,37)(H,40,41)/t35-/m1/s1. The number of carbonyl (C=O) groups is 2. The van der Waals surface area contributed by atoms with Crippen LogP contribution >= 0.6 is 0 Å². The number of fused-ring (bicyclic) bond motifs is 2. The smallest absolute Gasteiger partial charge is 0.335 e. The van der Waals surface area contributed by atoms with Crippen molar-refractivity contribution in [2.75, 3.05) is 27.3 Å². The molecule has 43 heavy (non-hydrogen) atoms. The topological polar surface area (TPSA) is 105 Å². The molecule has 2 N–H and O–H groups in total. The molecule has 8 nitrogen and oxygen atoms in total. The summed E-state index contributed by atoms with van der Waals surface area (Å²) in [6.45, 7) is 7.73. The van der Waals surface area contributed by atoms with E-state index in [9.17, 15) is 14.7 Å². The summed E-state index contributed by atoms with van der Waals surface area (Å²) >= 11 is 0. The molecule has 0 saturated heterocycles. The highest BCUT2D eigenvalue weighted by atomic mass is 16.5. The number of rotatable bonds is 6. The molecule has 0 radical (unpaired) electrons. The molecule has 0 unspecified atom stereocenters. The maximum atomic E-state index is 14.1. The van der Waals surface area contributed by atoms with Gasteiger partial charge in [0.05, 0.1) is 25.3 Å². The van der Waals surface area contributed by atoms with Gasteiger partial charge in [0.2, 0.25) is 0 Å². The van der Waals surface area contributed by atoms with Gasteiger partial charge in [0, 0.05) is 29.5 Å². The van der Waals surface area contributed by atoms with E-state index < -0.39 is 5.97 Å². The third-order valence-corrected chi connectivity index (χ3v) is 8.96. The Hall–Kier alpha value is -4.85. The molecule has 1 atom stereocenters. The van der Waals surface area contributed by atoms with E-state index in [1.165, 1.54) is 11.1 Å². The number of allylic oxidation sites excluding steroid dienone is 2. The second-order valence-electron chi connectivity index (χ2n) is 12.0. The molecule has 2 aliphatic rings. The number of methoxy groups -OCH3 is 2. The normalized spacial score (nSPS) is 19.3. The number of carbonyl (C=O) groups excluding carboxylic acids is 1. The fraction of sp³-hybridized carbons (Fsp3) is 0.286. The monoisotopic (exact) mass is 577 g/mol. The minimum atomic E-state index is -0.933. The lowest BCUT2D eigenvalue weighted by molar-refractivity contribution is 0.0679. The molecule has 8 heteroatoms. The summed E-state index contributed by atoms with van der Waals surface area (Å²) in [6, 6.07) is 18.3. The van der Waals surface area contributed by atoms with E-state index in [2.05, 4.69) is 37.9 Å². The molecule has 1 aromatic heterocycles. The zero-order valence-electron chi connectivity index (χ0n) is 25.0. The number of amides is 1. The summed E-state index contributed by atoms with van der Waals surface area (Å²) in [5, 5.41) is 9.32. The van der Waals surface area contributed by atoms with E-state index in [1.54, 1.807) is 26.4 Å². The van der Waals surface area contributed by atoms with Gasteiger partial charge in [0.25, 0.3) is 5.91 Å². The van der Waals surface area contributed by atoms with Gasteiger partial charge in [0.15, 0.2) is 0 Å². The van der Waals surface area contributed by atoms with Gasteiger partial charge < -0.3 is 24.5 Å². The molecule has 220 valence electrons. The number of carboxylic acid groups (broad SMARTS) is 1. The van der Waals surface area contributed by atoms with E-state index in [-0.39, 0.29) is 22.3 Å². The molecule has 0 fully saturated rings. The Labute approximate surface area is 250 Å². The molecule has 1 aliphatic carbocycles. The van der Waals surface area contributed by atoms with Gasteiger partial charge in [0.1, 0.15) is 28.4 Å². The van der Waals surface area contributed by atoms with E-state index in [0.29, 0.717) is 52.6 Å². The lowest BCUT2D eigenvalue weighted by Gasteiger charge is -2.50. The average Bonchev–Trinajstić information content (AvgIpc) is 3.45. The number of hydrogen-bond acceptors (Lipinski definition) is 5. The highest BCUT2D eigenvalue weighted by molar-refractivity contribution is 6.01. The van der Waals surface area contributed by atoms with Crippen LogP contribution in [0.4, 0.5) is 0 Å². The Morgan fingerprint density at radius 1 is 0.930 bits per heavy atom. The molecule has 6 rings (SSSR count). The van der Waals surface area contributed by atoms with Gasteiger partial charge in [-0.05, 0) is 47.9 Å². The van der Waals surface area contributed by atoms with Gasteiger partial charge in [-0.1, -0.05) is 68.8 Å². The minimum absolute atomic E-state index is 0.0525. The van der Waals surface area contributed by atoms with Crippen molar-refractivity contribution in [3.63, 3.8) is 0 Å². The highest BCUT2D eigenvalue weighted by Crippen LogP contribution is 2.55. The maximum Gasteiger partial charge on any atom is 0.335 e. The maximum absolute atomic E-state index is 14.1. The van der Waals surface area contributed by atoms with Crippen LogP contribution in [0.1, 0.15) is 53.5 Å². The number of aromatic nitrogens is 2. The average molecular weight is 578 g/mol. The second-order valence-corrected chi connectivity index (χ2v) is 12.0. The number of H-pyrrole nitrogens is 1. The molecule has 0 bridgehead atoms. The van der Waals surface area contributed by atoms with Crippen LogP contribution in [0.3, 0.4) is 0 Å². The van der Waals surface area contributed by atoms with Gasteiger partial charge in [-0.25, -0.2) is 9.78 Å². The van der Waals surface area contributed by atoms with Crippen LogP contribution in [0.25, 0.3) is 28.0 Å². The first kappa shape index (κ1) is 28.3. The number of benzene rings is 3. The molecular weight excluding hydrogens is 542 g/mol. The quantitative estimate of drug-likeness (QED) is 0.243. The Bertz CT molecular complexity index is 1770. The van der Waals surface area contributed by atoms with Gasteiger partial charge in [-0.2, -0.15) is 0 Å². The summed E-state index contributed by atoms with van der Waals surface area (Å²) in [5.74, 6) is 0.848. The van der Waals surface area contributed by atoms with Crippen molar-refractivity contribution in [3.05, 3.63) is 95.1 Å². The number of imidazole rings is 1. The first-order chi connectivity index (χ1) is 20.6. The Kier molecular flexibility index (Phi) is 6.87. The third-order valence-electron chi connectivity index (χ3n) is 8.96. The summed E-state index contributed by atoms with van der Waals surface area (Å²) < 4.78 is 11.1. The van der Waals surface area contributed by atoms with Crippen LogP contribution in [0.2, 0.25) is 0 Å². The van der Waals surface area contributed by atoms with Crippen molar-refractivity contribution in [1.29, 1.82) is 0 Å². The molecule has 0 saturated carbocycles. The number of aromatic carboxylic acids is 1. The minimum Gasteiger partial charge on any atom is -0.494 e. The molecule has 3 aromatic carbocycles. The summed E-state index contributed by atoms with van der Waals surface area (Å²) in [4.78, 5) is 35.6. The Morgan fingerprint density at radius 2 is 1.63 bits per heavy atom. The highest BCUT2D eigenvalue weighted by Gasteiger charge is 2.46. The lowest BCUT2D eigenvalue weighted by Crippen LogP contribution is -2.48. The number of carboxylic acids is 1. The first-order valence-corrected chi connectivity index (χ1v) is 14.3. The molecule has 4 aromatic rings. The molecule has 1 amide bonds. The van der Waals surface area contributed by atoms with Crippen LogP contribution < -0.4 is 9.47 Å². The predicted octanol–water partition coefficient (Wildman–Crippen LogP) is 6.85. The Morgan fingerprint density at radius 3 is 2.33 bits per heavy atom. The van der Waals surface area contributed by atoms with Crippen LogP contribution in [-0.2, 0) is 0 Å². The zero-order valence-corrected chi connectivity index (χ0v) is 25.0. The zero-order chi connectivity index (χ0) is 30.5. The largest absolute Gasteiger partial charge is 0.494 e. The van der Waals surface area contributed by atoms with Crippen molar-refractivity contribution < 1.29 is 24.2 Å². The van der Waals surface area contributed by atoms with Crippen molar-refractivity contribution in [2.24, 2.45) is 10.8 Å². The number of nitrogens with one attached hydrogen (secondary N) is 1. The van der Waals surface area contributed by atoms with E-state index >= 15 is 0 Å². The van der Waals surface area contributed by atoms with Crippen molar-refractivity contribution in [1.82, 2.24) is 14.9 Å². The van der Waals surface area contributed by atoms with Crippen LogP contribution in [0.5, 0.6) is 11.5 Å². The fourth-order valence-electron chi connectivity index (χ4n) is 6.91. The van der Waals surface area contributed by atoms with Gasteiger partial charge in [-0.3, -0.25) is 4.79 Å². The van der Waals surface area contributed by atoms with Gasteiger partial charge in [-0.15, -0.1) is 0 Å².